The van der Waals surface area contributed by atoms with Gasteiger partial charge in [0.05, 0.1) is 12.2 Å². The smallest absolute Gasteiger partial charge is 0.487 e. The van der Waals surface area contributed by atoms with Crippen LogP contribution in [0.25, 0.3) is 10.9 Å². The Hall–Kier alpha value is -3.94. The zero-order chi connectivity index (χ0) is 25.5. The van der Waals surface area contributed by atoms with Gasteiger partial charge in [0.15, 0.2) is 0 Å². The van der Waals surface area contributed by atoms with Gasteiger partial charge in [0.25, 0.3) is 5.91 Å². The minimum Gasteiger partial charge on any atom is -0.487 e. The van der Waals surface area contributed by atoms with E-state index in [1.165, 1.54) is 12.1 Å². The Labute approximate surface area is 207 Å². The van der Waals surface area contributed by atoms with E-state index in [0.29, 0.717) is 23.4 Å². The van der Waals surface area contributed by atoms with Crippen LogP contribution in [0, 0.1) is 0 Å². The number of alkyl halides is 3. The molecule has 36 heavy (non-hydrogen) atoms. The molecule has 0 unspecified atom stereocenters. The summed E-state index contributed by atoms with van der Waals surface area (Å²) in [6.07, 6.45) is -2.93. The average molecular weight is 497 g/mol. The maximum absolute atomic E-state index is 13.0. The van der Waals surface area contributed by atoms with Crippen molar-refractivity contribution in [2.24, 2.45) is 0 Å². The summed E-state index contributed by atoms with van der Waals surface area (Å²) in [7, 11) is 0. The van der Waals surface area contributed by atoms with E-state index < -0.39 is 6.36 Å². The number of carbonyl (C=O) groups is 1. The summed E-state index contributed by atoms with van der Waals surface area (Å²) >= 11 is 0. The molecule has 5 nitrogen and oxygen atoms in total. The van der Waals surface area contributed by atoms with Crippen molar-refractivity contribution < 1.29 is 27.4 Å². The lowest BCUT2D eigenvalue weighted by Gasteiger charge is -2.16. The van der Waals surface area contributed by atoms with Gasteiger partial charge in [0, 0.05) is 28.6 Å². The van der Waals surface area contributed by atoms with Crippen LogP contribution in [0.2, 0.25) is 0 Å². The van der Waals surface area contributed by atoms with E-state index in [0.717, 1.165) is 29.4 Å². The number of unbranched alkanes of at least 4 members (excludes halogenated alkanes) is 1. The lowest BCUT2D eigenvalue weighted by atomic mass is 10.1. The number of amides is 1. The molecule has 1 aromatic heterocycles. The summed E-state index contributed by atoms with van der Waals surface area (Å²) in [6.45, 7) is 2.97. The SMILES string of the molecule is CCCCNC(=O)c1ccc2c(c1)cc(COc1ccccc1)n2Cc1ccccc1OC(F)(F)F. The van der Waals surface area contributed by atoms with Crippen molar-refractivity contribution in [3.05, 3.63) is 95.7 Å². The molecule has 0 aliphatic heterocycles. The highest BCUT2D eigenvalue weighted by Gasteiger charge is 2.32. The van der Waals surface area contributed by atoms with Crippen molar-refractivity contribution >= 4 is 16.8 Å². The molecule has 188 valence electrons. The number of carbonyl (C=O) groups excluding carboxylic acids is 1. The molecule has 1 N–H and O–H groups in total. The zero-order valence-corrected chi connectivity index (χ0v) is 19.8. The van der Waals surface area contributed by atoms with Crippen LogP contribution in [0.4, 0.5) is 13.2 Å². The molecule has 0 spiro atoms. The number of rotatable bonds is 10. The number of nitrogens with one attached hydrogen (secondary N) is 1. The summed E-state index contributed by atoms with van der Waals surface area (Å²) in [6, 6.07) is 22.6. The lowest BCUT2D eigenvalue weighted by molar-refractivity contribution is -0.274. The first kappa shape index (κ1) is 25.2. The van der Waals surface area contributed by atoms with Crippen LogP contribution >= 0.6 is 0 Å². The molecule has 0 atom stereocenters. The first-order valence-corrected chi connectivity index (χ1v) is 11.8. The quantitative estimate of drug-likeness (QED) is 0.249. The molecule has 1 heterocycles. The van der Waals surface area contributed by atoms with E-state index >= 15 is 0 Å². The number of para-hydroxylation sites is 2. The van der Waals surface area contributed by atoms with Gasteiger partial charge in [-0.05, 0) is 48.9 Å². The van der Waals surface area contributed by atoms with Crippen LogP contribution in [0.3, 0.4) is 0 Å². The molecule has 4 rings (SSSR count). The Morgan fingerprint density at radius 1 is 0.972 bits per heavy atom. The molecular weight excluding hydrogens is 469 g/mol. The molecule has 0 saturated carbocycles. The highest BCUT2D eigenvalue weighted by Crippen LogP contribution is 2.30. The van der Waals surface area contributed by atoms with Crippen molar-refractivity contribution in [2.75, 3.05) is 6.54 Å². The summed E-state index contributed by atoms with van der Waals surface area (Å²) in [5, 5.41) is 3.70. The van der Waals surface area contributed by atoms with Crippen molar-refractivity contribution in [3.63, 3.8) is 0 Å². The van der Waals surface area contributed by atoms with Crippen molar-refractivity contribution in [1.82, 2.24) is 9.88 Å². The van der Waals surface area contributed by atoms with Crippen LogP contribution in [0.5, 0.6) is 11.5 Å². The highest BCUT2D eigenvalue weighted by molar-refractivity contribution is 5.98. The number of hydrogen-bond donors (Lipinski definition) is 1. The Kier molecular flexibility index (Phi) is 7.83. The third-order valence-corrected chi connectivity index (χ3v) is 5.72. The third kappa shape index (κ3) is 6.38. The average Bonchev–Trinajstić information content (AvgIpc) is 3.20. The van der Waals surface area contributed by atoms with E-state index in [1.54, 1.807) is 24.3 Å². The van der Waals surface area contributed by atoms with E-state index in [9.17, 15) is 18.0 Å². The fourth-order valence-corrected chi connectivity index (χ4v) is 3.96. The zero-order valence-electron chi connectivity index (χ0n) is 19.8. The second-order valence-corrected chi connectivity index (χ2v) is 8.36. The van der Waals surface area contributed by atoms with Crippen LogP contribution < -0.4 is 14.8 Å². The van der Waals surface area contributed by atoms with Crippen LogP contribution in [0.15, 0.2) is 78.9 Å². The highest BCUT2D eigenvalue weighted by atomic mass is 19.4. The molecule has 0 aliphatic rings. The van der Waals surface area contributed by atoms with Crippen molar-refractivity contribution in [2.45, 2.75) is 39.3 Å². The fraction of sp³-hybridized carbons (Fsp3) is 0.250. The number of ether oxygens (including phenoxy) is 2. The first-order valence-electron chi connectivity index (χ1n) is 11.8. The molecule has 0 bridgehead atoms. The van der Waals surface area contributed by atoms with Gasteiger partial charge in [0.1, 0.15) is 18.1 Å². The maximum atomic E-state index is 13.0. The van der Waals surface area contributed by atoms with Crippen LogP contribution in [-0.4, -0.2) is 23.4 Å². The molecule has 1 amide bonds. The van der Waals surface area contributed by atoms with Gasteiger partial charge in [-0.3, -0.25) is 4.79 Å². The molecule has 0 saturated heterocycles. The Morgan fingerprint density at radius 3 is 2.47 bits per heavy atom. The minimum absolute atomic E-state index is 0.130. The number of nitrogens with zero attached hydrogens (tertiary/aromatic N) is 1. The van der Waals surface area contributed by atoms with Gasteiger partial charge in [-0.1, -0.05) is 49.7 Å². The minimum atomic E-state index is -4.80. The largest absolute Gasteiger partial charge is 0.573 e. The number of fused-ring (bicyclic) bond motifs is 1. The summed E-state index contributed by atoms with van der Waals surface area (Å²) < 4.78 is 51.0. The molecule has 0 aliphatic carbocycles. The van der Waals surface area contributed by atoms with Crippen LogP contribution in [-0.2, 0) is 13.2 Å². The van der Waals surface area contributed by atoms with Gasteiger partial charge < -0.3 is 19.4 Å². The third-order valence-electron chi connectivity index (χ3n) is 5.72. The number of hydrogen-bond acceptors (Lipinski definition) is 3. The normalized spacial score (nSPS) is 11.4. The first-order chi connectivity index (χ1) is 17.3. The Balaban J connectivity index is 1.69. The summed E-state index contributed by atoms with van der Waals surface area (Å²) in [5.74, 6) is 0.254. The second kappa shape index (κ2) is 11.2. The standard InChI is InChI=1S/C28H27F3N2O3/c1-2-3-15-32-27(34)20-13-14-25-22(16-20)17-23(19-35-24-10-5-4-6-11-24)33(25)18-21-9-7-8-12-26(21)36-28(29,30)31/h4-14,16-17H,2-3,15,18-19H2,1H3,(H,32,34). The number of benzene rings is 3. The fourth-order valence-electron chi connectivity index (χ4n) is 3.96. The lowest BCUT2D eigenvalue weighted by Crippen LogP contribution is -2.24. The summed E-state index contributed by atoms with van der Waals surface area (Å²) in [5.41, 5.74) is 2.41. The second-order valence-electron chi connectivity index (χ2n) is 8.36. The monoisotopic (exact) mass is 496 g/mol. The predicted molar refractivity (Wildman–Crippen MR) is 132 cm³/mol. The molecule has 8 heteroatoms. The molecular formula is C28H27F3N2O3. The maximum Gasteiger partial charge on any atom is 0.573 e. The number of aromatic nitrogens is 1. The molecule has 0 fully saturated rings. The predicted octanol–water partition coefficient (Wildman–Crippen LogP) is 6.70. The van der Waals surface area contributed by atoms with Crippen LogP contribution in [0.1, 0.15) is 41.4 Å². The number of halogens is 3. The molecule has 3 aromatic carbocycles. The molecule has 4 aromatic rings. The van der Waals surface area contributed by atoms with Gasteiger partial charge in [-0.2, -0.15) is 0 Å². The summed E-state index contributed by atoms with van der Waals surface area (Å²) in [4.78, 5) is 12.6. The van der Waals surface area contributed by atoms with E-state index in [1.807, 2.05) is 47.0 Å². The van der Waals surface area contributed by atoms with Gasteiger partial charge in [-0.25, -0.2) is 0 Å². The molecule has 0 radical (unpaired) electrons. The van der Waals surface area contributed by atoms with Gasteiger partial charge in [0.2, 0.25) is 0 Å². The van der Waals surface area contributed by atoms with Crippen molar-refractivity contribution in [1.29, 1.82) is 0 Å². The Bertz CT molecular complexity index is 1320. The topological polar surface area (TPSA) is 52.5 Å². The van der Waals surface area contributed by atoms with E-state index in [2.05, 4.69) is 17.0 Å². The van der Waals surface area contributed by atoms with E-state index in [-0.39, 0.29) is 24.8 Å². The van der Waals surface area contributed by atoms with Gasteiger partial charge >= 0.3 is 6.36 Å². The van der Waals surface area contributed by atoms with Gasteiger partial charge in [-0.15, -0.1) is 13.2 Å². The van der Waals surface area contributed by atoms with E-state index in [4.69, 9.17) is 4.74 Å². The Morgan fingerprint density at radius 2 is 1.72 bits per heavy atom. The van der Waals surface area contributed by atoms with Crippen molar-refractivity contribution in [3.8, 4) is 11.5 Å².